The van der Waals surface area contributed by atoms with Crippen LogP contribution in [0.2, 0.25) is 0 Å². The molecular formula is C22H31N3O5S. The fraction of sp³-hybridized carbons (Fsp3) is 0.636. The van der Waals surface area contributed by atoms with Crippen LogP contribution in [0.4, 0.5) is 0 Å². The Kier molecular flexibility index (Phi) is 6.52. The maximum Gasteiger partial charge on any atom is 0.420 e. The first kappa shape index (κ1) is 22.1. The number of carbonyl (C=O) groups is 1. The normalized spacial score (nSPS) is 21.8. The zero-order valence-electron chi connectivity index (χ0n) is 18.0. The molecule has 0 spiro atoms. The second kappa shape index (κ2) is 9.16. The van der Waals surface area contributed by atoms with Gasteiger partial charge < -0.3 is 9.73 Å². The van der Waals surface area contributed by atoms with Crippen LogP contribution in [0.1, 0.15) is 64.7 Å². The molecule has 170 valence electrons. The Balaban J connectivity index is 1.54. The number of sulfonamides is 1. The molecule has 1 aromatic carbocycles. The fourth-order valence-electron chi connectivity index (χ4n) is 4.76. The number of amides is 1. The van der Waals surface area contributed by atoms with Gasteiger partial charge >= 0.3 is 5.76 Å². The van der Waals surface area contributed by atoms with Crippen molar-refractivity contribution in [2.75, 3.05) is 6.54 Å². The first-order valence-electron chi connectivity index (χ1n) is 11.3. The molecule has 2 fully saturated rings. The van der Waals surface area contributed by atoms with Crippen LogP contribution in [0, 0.1) is 0 Å². The number of rotatable bonds is 5. The van der Waals surface area contributed by atoms with Crippen molar-refractivity contribution in [1.29, 1.82) is 0 Å². The summed E-state index contributed by atoms with van der Waals surface area (Å²) >= 11 is 0. The molecular weight excluding hydrogens is 418 g/mol. The van der Waals surface area contributed by atoms with E-state index in [1.165, 1.54) is 33.8 Å². The summed E-state index contributed by atoms with van der Waals surface area (Å²) in [7, 11) is -3.67. The van der Waals surface area contributed by atoms with Crippen LogP contribution in [0.25, 0.3) is 11.1 Å². The van der Waals surface area contributed by atoms with Crippen molar-refractivity contribution >= 4 is 27.0 Å². The number of nitrogens with zero attached hydrogens (tertiary/aromatic N) is 2. The largest absolute Gasteiger partial charge is 0.420 e. The van der Waals surface area contributed by atoms with E-state index in [-0.39, 0.29) is 35.0 Å². The zero-order chi connectivity index (χ0) is 22.0. The van der Waals surface area contributed by atoms with E-state index in [0.29, 0.717) is 12.1 Å². The number of hydrogen-bond acceptors (Lipinski definition) is 5. The third kappa shape index (κ3) is 4.72. The van der Waals surface area contributed by atoms with Gasteiger partial charge in [0, 0.05) is 24.7 Å². The summed E-state index contributed by atoms with van der Waals surface area (Å²) < 4.78 is 34.3. The molecule has 2 heterocycles. The summed E-state index contributed by atoms with van der Waals surface area (Å²) in [4.78, 5) is 25.0. The summed E-state index contributed by atoms with van der Waals surface area (Å²) in [5.74, 6) is -0.887. The van der Waals surface area contributed by atoms with Crippen molar-refractivity contribution in [2.45, 2.75) is 88.2 Å². The molecule has 1 aliphatic heterocycles. The summed E-state index contributed by atoms with van der Waals surface area (Å²) in [5, 5.41) is 3.03. The predicted octanol–water partition coefficient (Wildman–Crippen LogP) is 3.00. The molecule has 1 N–H and O–H groups in total. The molecule has 2 aromatic rings. The molecule has 1 atom stereocenters. The Hall–Kier alpha value is -2.13. The molecule has 0 radical (unpaired) electrons. The first-order valence-corrected chi connectivity index (χ1v) is 12.7. The van der Waals surface area contributed by atoms with Crippen LogP contribution >= 0.6 is 0 Å². The van der Waals surface area contributed by atoms with Crippen LogP contribution in [0.3, 0.4) is 0 Å². The molecule has 1 amide bonds. The van der Waals surface area contributed by atoms with E-state index in [2.05, 4.69) is 5.32 Å². The molecule has 1 saturated carbocycles. The molecule has 1 saturated heterocycles. The minimum atomic E-state index is -3.67. The molecule has 2 aliphatic rings. The Labute approximate surface area is 182 Å². The topological polar surface area (TPSA) is 102 Å². The van der Waals surface area contributed by atoms with Gasteiger partial charge in [-0.1, -0.05) is 32.1 Å². The number of aromatic nitrogens is 1. The second-order valence-corrected chi connectivity index (χ2v) is 10.7. The Morgan fingerprint density at radius 2 is 1.81 bits per heavy atom. The number of fused-ring (bicyclic) bond motifs is 1. The van der Waals surface area contributed by atoms with Crippen LogP contribution in [0.15, 0.2) is 32.3 Å². The number of piperidine rings is 1. The van der Waals surface area contributed by atoms with Crippen LogP contribution in [-0.2, 0) is 21.4 Å². The smallest absolute Gasteiger partial charge is 0.408 e. The van der Waals surface area contributed by atoms with Crippen molar-refractivity contribution in [3.8, 4) is 0 Å². The summed E-state index contributed by atoms with van der Waals surface area (Å²) in [6.07, 6.45) is 9.22. The number of benzene rings is 1. The van der Waals surface area contributed by atoms with Gasteiger partial charge in [0.1, 0.15) is 6.54 Å². The maximum atomic E-state index is 13.1. The average Bonchev–Trinajstić information content (AvgIpc) is 2.89. The van der Waals surface area contributed by atoms with Crippen molar-refractivity contribution in [2.24, 2.45) is 0 Å². The van der Waals surface area contributed by atoms with Gasteiger partial charge in [0.25, 0.3) is 0 Å². The van der Waals surface area contributed by atoms with Crippen molar-refractivity contribution in [1.82, 2.24) is 14.2 Å². The molecule has 9 heteroatoms. The Bertz CT molecular complexity index is 1100. The predicted molar refractivity (Wildman–Crippen MR) is 117 cm³/mol. The number of nitrogens with one attached hydrogen (secondary N) is 1. The molecule has 1 aromatic heterocycles. The summed E-state index contributed by atoms with van der Waals surface area (Å²) in [6.45, 7) is 2.27. The lowest BCUT2D eigenvalue weighted by Crippen LogP contribution is -2.41. The maximum absolute atomic E-state index is 13.1. The van der Waals surface area contributed by atoms with Crippen molar-refractivity contribution in [3.05, 3.63) is 28.7 Å². The van der Waals surface area contributed by atoms with Gasteiger partial charge in [-0.15, -0.1) is 0 Å². The lowest BCUT2D eigenvalue weighted by Gasteiger charge is -2.32. The van der Waals surface area contributed by atoms with Crippen molar-refractivity contribution in [3.63, 3.8) is 0 Å². The monoisotopic (exact) mass is 449 g/mol. The minimum absolute atomic E-state index is 0.0567. The molecule has 8 nitrogen and oxygen atoms in total. The van der Waals surface area contributed by atoms with Crippen LogP contribution in [-0.4, -0.2) is 41.8 Å². The lowest BCUT2D eigenvalue weighted by atomic mass is 10.1. The first-order chi connectivity index (χ1) is 14.9. The zero-order valence-corrected chi connectivity index (χ0v) is 18.8. The molecule has 1 unspecified atom stereocenters. The van der Waals surface area contributed by atoms with Gasteiger partial charge in [-0.2, -0.15) is 4.31 Å². The molecule has 1 aliphatic carbocycles. The highest BCUT2D eigenvalue weighted by Gasteiger charge is 2.31. The number of hydrogen-bond donors (Lipinski definition) is 1. The average molecular weight is 450 g/mol. The lowest BCUT2D eigenvalue weighted by molar-refractivity contribution is -0.122. The molecule has 0 bridgehead atoms. The van der Waals surface area contributed by atoms with E-state index in [9.17, 15) is 18.0 Å². The summed E-state index contributed by atoms with van der Waals surface area (Å²) in [6, 6.07) is 4.53. The quantitative estimate of drug-likeness (QED) is 0.707. The molecule has 31 heavy (non-hydrogen) atoms. The highest BCUT2D eigenvalue weighted by atomic mass is 32.2. The van der Waals surface area contributed by atoms with E-state index in [4.69, 9.17) is 4.42 Å². The number of oxazole rings is 1. The molecule has 4 rings (SSSR count). The highest BCUT2D eigenvalue weighted by molar-refractivity contribution is 7.89. The van der Waals surface area contributed by atoms with Gasteiger partial charge in [0.05, 0.1) is 10.4 Å². The van der Waals surface area contributed by atoms with Gasteiger partial charge in [-0.05, 0) is 44.7 Å². The van der Waals surface area contributed by atoms with E-state index >= 15 is 0 Å². The second-order valence-electron chi connectivity index (χ2n) is 8.80. The van der Waals surface area contributed by atoms with E-state index in [0.717, 1.165) is 44.9 Å². The fourth-order valence-corrected chi connectivity index (χ4v) is 6.48. The van der Waals surface area contributed by atoms with Gasteiger partial charge in [0.2, 0.25) is 15.9 Å². The SMILES string of the molecule is CC1CCCCN1S(=O)(=O)c1ccc2c(c1)oc(=O)n2CC(=O)NC1CCCCCC1. The van der Waals surface area contributed by atoms with Gasteiger partial charge in [-0.3, -0.25) is 9.36 Å². The minimum Gasteiger partial charge on any atom is -0.408 e. The van der Waals surface area contributed by atoms with Gasteiger partial charge in [-0.25, -0.2) is 13.2 Å². The van der Waals surface area contributed by atoms with Crippen LogP contribution < -0.4 is 11.1 Å². The number of carbonyl (C=O) groups excluding carboxylic acids is 1. The third-order valence-corrected chi connectivity index (χ3v) is 8.52. The van der Waals surface area contributed by atoms with E-state index < -0.39 is 15.8 Å². The summed E-state index contributed by atoms with van der Waals surface area (Å²) in [5.41, 5.74) is 0.602. The standard InChI is InChI=1S/C22H31N3O5S/c1-16-8-6-7-13-25(16)31(28,29)18-11-12-19-20(14-18)30-22(27)24(19)15-21(26)23-17-9-4-2-3-5-10-17/h11-12,14,16-17H,2-10,13,15H2,1H3,(H,23,26). The van der Waals surface area contributed by atoms with E-state index in [1.807, 2.05) is 6.92 Å². The Morgan fingerprint density at radius 1 is 1.10 bits per heavy atom. The van der Waals surface area contributed by atoms with Gasteiger partial charge in [0.15, 0.2) is 5.58 Å². The van der Waals surface area contributed by atoms with Crippen LogP contribution in [0.5, 0.6) is 0 Å². The third-order valence-electron chi connectivity index (χ3n) is 6.51. The Morgan fingerprint density at radius 3 is 2.52 bits per heavy atom. The van der Waals surface area contributed by atoms with Crippen molar-refractivity contribution < 1.29 is 17.6 Å². The highest BCUT2D eigenvalue weighted by Crippen LogP contribution is 2.27. The van der Waals surface area contributed by atoms with E-state index in [1.54, 1.807) is 6.07 Å².